The topological polar surface area (TPSA) is 64.4 Å². The summed E-state index contributed by atoms with van der Waals surface area (Å²) in [5.41, 5.74) is 1.70. The first-order valence-corrected chi connectivity index (χ1v) is 9.24. The molecule has 4 rings (SSSR count). The molecule has 0 bridgehead atoms. The van der Waals surface area contributed by atoms with E-state index in [1.807, 2.05) is 0 Å². The molecular formula is C18H16BrF2N3O3. The number of ether oxygens (including phenoxy) is 1. The largest absolute Gasteiger partial charge is 0.463 e. The number of amides is 1. The van der Waals surface area contributed by atoms with Crippen LogP contribution in [-0.2, 0) is 29.0 Å². The Hall–Kier alpha value is -2.29. The van der Waals surface area contributed by atoms with Crippen LogP contribution in [0.25, 0.3) is 0 Å². The van der Waals surface area contributed by atoms with Crippen molar-refractivity contribution in [2.24, 2.45) is 0 Å². The van der Waals surface area contributed by atoms with Gasteiger partial charge in [0.25, 0.3) is 5.91 Å². The molecule has 1 aromatic carbocycles. The summed E-state index contributed by atoms with van der Waals surface area (Å²) in [7, 11) is 0. The number of nitrogens with zero attached hydrogens (tertiary/aromatic N) is 3. The maximum Gasteiger partial charge on any atom is 0.302 e. The molecule has 1 unspecified atom stereocenters. The molecule has 9 heteroatoms. The van der Waals surface area contributed by atoms with E-state index in [9.17, 15) is 18.4 Å². The standard InChI is InChI=1S/C18H16BrF2N3O3/c1-9(25)27-7-16(17-15-4-11(20)5-23(15)8-22-17)24-6-13-12(18(24)26)2-10(19)3-14(13)21/h2-3,8,11,16H,4-7H2,1H3/t11-,16?/m1/s1. The Balaban J connectivity index is 1.72. The van der Waals surface area contributed by atoms with Crippen LogP contribution in [0.15, 0.2) is 22.9 Å². The second-order valence-corrected chi connectivity index (χ2v) is 7.61. The van der Waals surface area contributed by atoms with E-state index in [1.54, 1.807) is 10.6 Å². The number of imidazole rings is 1. The molecule has 0 radical (unpaired) electrons. The van der Waals surface area contributed by atoms with E-state index in [2.05, 4.69) is 20.9 Å². The zero-order valence-corrected chi connectivity index (χ0v) is 16.0. The maximum absolute atomic E-state index is 14.3. The van der Waals surface area contributed by atoms with Crippen molar-refractivity contribution in [1.29, 1.82) is 0 Å². The maximum atomic E-state index is 14.3. The van der Waals surface area contributed by atoms with Gasteiger partial charge in [-0.05, 0) is 12.1 Å². The molecule has 0 spiro atoms. The average molecular weight is 440 g/mol. The molecule has 6 nitrogen and oxygen atoms in total. The lowest BCUT2D eigenvalue weighted by Crippen LogP contribution is -2.33. The summed E-state index contributed by atoms with van der Waals surface area (Å²) in [4.78, 5) is 30.0. The van der Waals surface area contributed by atoms with Crippen molar-refractivity contribution in [3.05, 3.63) is 51.3 Å². The van der Waals surface area contributed by atoms with E-state index in [0.717, 1.165) is 0 Å². The molecule has 2 atom stereocenters. The lowest BCUT2D eigenvalue weighted by molar-refractivity contribution is -0.142. The molecule has 0 N–H and O–H groups in total. The van der Waals surface area contributed by atoms with Gasteiger partial charge in [-0.2, -0.15) is 0 Å². The van der Waals surface area contributed by atoms with Gasteiger partial charge in [-0.3, -0.25) is 9.59 Å². The molecule has 2 aromatic rings. The fourth-order valence-electron chi connectivity index (χ4n) is 3.68. The van der Waals surface area contributed by atoms with E-state index in [4.69, 9.17) is 4.74 Å². The van der Waals surface area contributed by atoms with Gasteiger partial charge in [-0.25, -0.2) is 13.8 Å². The minimum Gasteiger partial charge on any atom is -0.463 e. The summed E-state index contributed by atoms with van der Waals surface area (Å²) in [6.07, 6.45) is 0.687. The van der Waals surface area contributed by atoms with Crippen molar-refractivity contribution in [2.45, 2.75) is 38.6 Å². The van der Waals surface area contributed by atoms with Crippen LogP contribution in [0.4, 0.5) is 8.78 Å². The van der Waals surface area contributed by atoms with Crippen molar-refractivity contribution >= 4 is 27.8 Å². The monoisotopic (exact) mass is 439 g/mol. The van der Waals surface area contributed by atoms with Crippen LogP contribution >= 0.6 is 15.9 Å². The molecule has 1 amide bonds. The van der Waals surface area contributed by atoms with Crippen LogP contribution in [0.3, 0.4) is 0 Å². The Morgan fingerprint density at radius 3 is 3.00 bits per heavy atom. The average Bonchev–Trinajstić information content (AvgIpc) is 3.23. The summed E-state index contributed by atoms with van der Waals surface area (Å²) < 4.78 is 35.4. The third-order valence-corrected chi connectivity index (χ3v) is 5.36. The number of halogens is 3. The first kappa shape index (κ1) is 18.1. The van der Waals surface area contributed by atoms with Crippen LogP contribution in [0.2, 0.25) is 0 Å². The Labute approximate surface area is 162 Å². The van der Waals surface area contributed by atoms with Gasteiger partial charge in [0.05, 0.1) is 25.1 Å². The highest BCUT2D eigenvalue weighted by atomic mass is 79.9. The highest BCUT2D eigenvalue weighted by Gasteiger charge is 2.39. The highest BCUT2D eigenvalue weighted by Crippen LogP contribution is 2.36. The first-order valence-electron chi connectivity index (χ1n) is 8.45. The Bertz CT molecular complexity index is 946. The molecule has 142 valence electrons. The van der Waals surface area contributed by atoms with Gasteiger partial charge in [-0.15, -0.1) is 0 Å². The highest BCUT2D eigenvalue weighted by molar-refractivity contribution is 9.10. The van der Waals surface area contributed by atoms with Gasteiger partial charge in [0.1, 0.15) is 24.6 Å². The van der Waals surface area contributed by atoms with Gasteiger partial charge in [-0.1, -0.05) is 15.9 Å². The van der Waals surface area contributed by atoms with Gasteiger partial charge < -0.3 is 14.2 Å². The molecule has 2 aliphatic heterocycles. The molecule has 1 aromatic heterocycles. The predicted octanol–water partition coefficient (Wildman–Crippen LogP) is 2.94. The Morgan fingerprint density at radius 2 is 2.26 bits per heavy atom. The summed E-state index contributed by atoms with van der Waals surface area (Å²) in [5, 5.41) is 0. The summed E-state index contributed by atoms with van der Waals surface area (Å²) in [5.74, 6) is -1.36. The minimum absolute atomic E-state index is 0.0323. The van der Waals surface area contributed by atoms with Crippen molar-refractivity contribution in [2.75, 3.05) is 6.61 Å². The molecule has 2 aliphatic rings. The number of rotatable bonds is 4. The normalized spacial score (nSPS) is 19.2. The third kappa shape index (κ3) is 3.13. The van der Waals surface area contributed by atoms with Crippen LogP contribution < -0.4 is 0 Å². The van der Waals surface area contributed by atoms with Crippen molar-refractivity contribution < 1.29 is 23.1 Å². The van der Waals surface area contributed by atoms with Crippen molar-refractivity contribution in [3.63, 3.8) is 0 Å². The second kappa shape index (κ2) is 6.70. The van der Waals surface area contributed by atoms with Gasteiger partial charge in [0.15, 0.2) is 0 Å². The fourth-order valence-corrected chi connectivity index (χ4v) is 4.11. The third-order valence-electron chi connectivity index (χ3n) is 4.90. The van der Waals surface area contributed by atoms with Gasteiger partial charge >= 0.3 is 5.97 Å². The molecule has 0 fully saturated rings. The number of esters is 1. The lowest BCUT2D eigenvalue weighted by Gasteiger charge is -2.27. The van der Waals surface area contributed by atoms with Gasteiger partial charge in [0, 0.05) is 34.6 Å². The molecule has 0 saturated heterocycles. The smallest absolute Gasteiger partial charge is 0.302 e. The molecule has 27 heavy (non-hydrogen) atoms. The van der Waals surface area contributed by atoms with E-state index < -0.39 is 24.0 Å². The van der Waals surface area contributed by atoms with E-state index in [-0.39, 0.29) is 43.2 Å². The summed E-state index contributed by atoms with van der Waals surface area (Å²) >= 11 is 3.20. The zero-order chi connectivity index (χ0) is 19.3. The van der Waals surface area contributed by atoms with E-state index in [1.165, 1.54) is 24.2 Å². The number of carbonyl (C=O) groups is 2. The fraction of sp³-hybridized carbons (Fsp3) is 0.389. The number of alkyl halides is 1. The summed E-state index contributed by atoms with van der Waals surface area (Å²) in [6.45, 7) is 1.38. The molecule has 3 heterocycles. The van der Waals surface area contributed by atoms with Crippen LogP contribution in [-0.4, -0.2) is 39.1 Å². The SMILES string of the molecule is CC(=O)OCC(c1ncn2c1C[C@@H](F)C2)N1Cc2c(F)cc(Br)cc2C1=O. The number of aromatic nitrogens is 2. The first-order chi connectivity index (χ1) is 12.8. The van der Waals surface area contributed by atoms with Crippen LogP contribution in [0.5, 0.6) is 0 Å². The van der Waals surface area contributed by atoms with Gasteiger partial charge in [0.2, 0.25) is 0 Å². The number of hydrogen-bond donors (Lipinski definition) is 0. The number of fused-ring (bicyclic) bond motifs is 2. The summed E-state index contributed by atoms with van der Waals surface area (Å²) in [6, 6.07) is 2.16. The van der Waals surface area contributed by atoms with Crippen molar-refractivity contribution in [3.8, 4) is 0 Å². The molecule has 0 aliphatic carbocycles. The quantitative estimate of drug-likeness (QED) is 0.687. The van der Waals surface area contributed by atoms with E-state index in [0.29, 0.717) is 15.9 Å². The van der Waals surface area contributed by atoms with Crippen LogP contribution in [0.1, 0.15) is 40.3 Å². The number of benzene rings is 1. The minimum atomic E-state index is -1.02. The Kier molecular flexibility index (Phi) is 4.49. The predicted molar refractivity (Wildman–Crippen MR) is 94.2 cm³/mol. The molecular weight excluding hydrogens is 424 g/mol. The van der Waals surface area contributed by atoms with Crippen LogP contribution in [0, 0.1) is 5.82 Å². The number of hydrogen-bond acceptors (Lipinski definition) is 4. The zero-order valence-electron chi connectivity index (χ0n) is 14.4. The lowest BCUT2D eigenvalue weighted by atomic mass is 10.1. The number of carbonyl (C=O) groups excluding carboxylic acids is 2. The molecule has 0 saturated carbocycles. The Morgan fingerprint density at radius 1 is 1.48 bits per heavy atom. The second-order valence-electron chi connectivity index (χ2n) is 6.70. The van der Waals surface area contributed by atoms with E-state index >= 15 is 0 Å². The van der Waals surface area contributed by atoms with Crippen molar-refractivity contribution in [1.82, 2.24) is 14.5 Å².